The van der Waals surface area contributed by atoms with E-state index in [1.54, 1.807) is 12.1 Å². The molecule has 0 saturated heterocycles. The molecule has 76 valence electrons. The molecule has 3 heteroatoms. The van der Waals surface area contributed by atoms with Gasteiger partial charge in [-0.15, -0.1) is 0 Å². The zero-order chi connectivity index (χ0) is 10.6. The van der Waals surface area contributed by atoms with Crippen LogP contribution in [0.25, 0.3) is 0 Å². The van der Waals surface area contributed by atoms with Crippen LogP contribution in [0.5, 0.6) is 11.5 Å². The molecule has 1 rings (SSSR count). The molecule has 0 aliphatic heterocycles. The lowest BCUT2D eigenvalue weighted by Crippen LogP contribution is -2.15. The van der Waals surface area contributed by atoms with Gasteiger partial charge < -0.3 is 15.5 Å². The fraction of sp³-hybridized carbons (Fsp3) is 0.273. The maximum Gasteiger partial charge on any atom is 0.123 e. The molecule has 1 aromatic rings. The summed E-state index contributed by atoms with van der Waals surface area (Å²) in [5, 5.41) is 21.6. The Morgan fingerprint density at radius 3 is 2.71 bits per heavy atom. The first-order chi connectivity index (χ1) is 6.59. The minimum absolute atomic E-state index is 0.0751. The Morgan fingerprint density at radius 2 is 2.14 bits per heavy atom. The normalized spacial score (nSPS) is 10.1. The second-order valence-electron chi connectivity index (χ2n) is 3.37. The number of rotatable bonds is 4. The van der Waals surface area contributed by atoms with E-state index in [9.17, 15) is 5.11 Å². The van der Waals surface area contributed by atoms with Gasteiger partial charge in [-0.05, 0) is 13.0 Å². The van der Waals surface area contributed by atoms with Crippen molar-refractivity contribution in [1.82, 2.24) is 5.32 Å². The Kier molecular flexibility index (Phi) is 3.54. The van der Waals surface area contributed by atoms with Crippen molar-refractivity contribution in [1.29, 1.82) is 0 Å². The molecule has 0 aromatic heterocycles. The van der Waals surface area contributed by atoms with Gasteiger partial charge in [0.15, 0.2) is 0 Å². The standard InChI is InChI=1S/C11H15NO2/c1-8(2)6-12-7-9-3-4-10(13)5-11(9)14/h3-5,12-14H,1,6-7H2,2H3. The van der Waals surface area contributed by atoms with Gasteiger partial charge in [0.1, 0.15) is 11.5 Å². The lowest BCUT2D eigenvalue weighted by molar-refractivity contribution is 0.444. The van der Waals surface area contributed by atoms with E-state index in [1.807, 2.05) is 6.92 Å². The SMILES string of the molecule is C=C(C)CNCc1ccc(O)cc1O. The number of benzene rings is 1. The number of aromatic hydroxyl groups is 2. The summed E-state index contributed by atoms with van der Waals surface area (Å²) >= 11 is 0. The minimum atomic E-state index is 0.0751. The molecule has 3 N–H and O–H groups in total. The summed E-state index contributed by atoms with van der Waals surface area (Å²) in [7, 11) is 0. The summed E-state index contributed by atoms with van der Waals surface area (Å²) in [6, 6.07) is 4.57. The van der Waals surface area contributed by atoms with E-state index < -0.39 is 0 Å². The van der Waals surface area contributed by atoms with Crippen molar-refractivity contribution >= 4 is 0 Å². The van der Waals surface area contributed by atoms with Crippen molar-refractivity contribution in [3.05, 3.63) is 35.9 Å². The zero-order valence-electron chi connectivity index (χ0n) is 8.25. The molecule has 0 amide bonds. The summed E-state index contributed by atoms with van der Waals surface area (Å²) in [5.41, 5.74) is 1.81. The van der Waals surface area contributed by atoms with Gasteiger partial charge in [-0.25, -0.2) is 0 Å². The molecular formula is C11H15NO2. The largest absolute Gasteiger partial charge is 0.508 e. The molecule has 0 heterocycles. The van der Waals surface area contributed by atoms with Gasteiger partial charge in [0.25, 0.3) is 0 Å². The number of hydrogen-bond donors (Lipinski definition) is 3. The van der Waals surface area contributed by atoms with Gasteiger partial charge >= 0.3 is 0 Å². The van der Waals surface area contributed by atoms with Gasteiger partial charge in [0.2, 0.25) is 0 Å². The van der Waals surface area contributed by atoms with E-state index >= 15 is 0 Å². The Labute approximate surface area is 83.7 Å². The van der Waals surface area contributed by atoms with Crippen molar-refractivity contribution in [3.8, 4) is 11.5 Å². The number of nitrogens with one attached hydrogen (secondary N) is 1. The zero-order valence-corrected chi connectivity index (χ0v) is 8.25. The second kappa shape index (κ2) is 4.67. The van der Waals surface area contributed by atoms with Crippen LogP contribution in [0, 0.1) is 0 Å². The van der Waals surface area contributed by atoms with Gasteiger partial charge in [0.05, 0.1) is 0 Å². The van der Waals surface area contributed by atoms with Crippen LogP contribution in [0.3, 0.4) is 0 Å². The van der Waals surface area contributed by atoms with Crippen molar-refractivity contribution in [2.24, 2.45) is 0 Å². The Morgan fingerprint density at radius 1 is 1.43 bits per heavy atom. The van der Waals surface area contributed by atoms with Crippen LogP contribution < -0.4 is 5.32 Å². The fourth-order valence-electron chi connectivity index (χ4n) is 1.11. The highest BCUT2D eigenvalue weighted by Crippen LogP contribution is 2.22. The first kappa shape index (κ1) is 10.6. The molecule has 0 bridgehead atoms. The minimum Gasteiger partial charge on any atom is -0.508 e. The smallest absolute Gasteiger partial charge is 0.123 e. The molecule has 0 radical (unpaired) electrons. The highest BCUT2D eigenvalue weighted by Gasteiger charge is 2.00. The summed E-state index contributed by atoms with van der Waals surface area (Å²) in [4.78, 5) is 0. The van der Waals surface area contributed by atoms with Crippen LogP contribution in [-0.4, -0.2) is 16.8 Å². The van der Waals surface area contributed by atoms with E-state index in [0.29, 0.717) is 6.54 Å². The van der Waals surface area contributed by atoms with Gasteiger partial charge in [-0.2, -0.15) is 0 Å². The van der Waals surface area contributed by atoms with Crippen LogP contribution in [-0.2, 0) is 6.54 Å². The summed E-state index contributed by atoms with van der Waals surface area (Å²) in [6.45, 7) is 6.98. The van der Waals surface area contributed by atoms with E-state index in [4.69, 9.17) is 5.11 Å². The topological polar surface area (TPSA) is 52.5 Å². The first-order valence-electron chi connectivity index (χ1n) is 4.45. The van der Waals surface area contributed by atoms with E-state index in [1.165, 1.54) is 6.07 Å². The van der Waals surface area contributed by atoms with Crippen molar-refractivity contribution in [2.75, 3.05) is 6.54 Å². The Balaban J connectivity index is 2.55. The molecule has 0 aliphatic rings. The molecule has 1 aromatic carbocycles. The molecular weight excluding hydrogens is 178 g/mol. The van der Waals surface area contributed by atoms with Crippen LogP contribution in [0.15, 0.2) is 30.4 Å². The van der Waals surface area contributed by atoms with Gasteiger partial charge in [-0.1, -0.05) is 18.2 Å². The molecule has 0 unspecified atom stereocenters. The average molecular weight is 193 g/mol. The number of phenolic OH excluding ortho intramolecular Hbond substituents is 2. The maximum absolute atomic E-state index is 9.43. The van der Waals surface area contributed by atoms with Crippen molar-refractivity contribution < 1.29 is 10.2 Å². The molecule has 0 saturated carbocycles. The molecule has 0 aliphatic carbocycles. The molecule has 0 fully saturated rings. The summed E-state index contributed by atoms with van der Waals surface area (Å²) in [5.74, 6) is 0.186. The third-order valence-corrected chi connectivity index (χ3v) is 1.81. The van der Waals surface area contributed by atoms with Gasteiger partial charge in [-0.3, -0.25) is 0 Å². The first-order valence-corrected chi connectivity index (χ1v) is 4.45. The van der Waals surface area contributed by atoms with E-state index in [0.717, 1.165) is 17.7 Å². The third-order valence-electron chi connectivity index (χ3n) is 1.81. The maximum atomic E-state index is 9.43. The van der Waals surface area contributed by atoms with Crippen LogP contribution in [0.2, 0.25) is 0 Å². The summed E-state index contributed by atoms with van der Waals surface area (Å²) in [6.07, 6.45) is 0. The van der Waals surface area contributed by atoms with Crippen LogP contribution >= 0.6 is 0 Å². The Bertz CT molecular complexity index is 334. The van der Waals surface area contributed by atoms with Crippen molar-refractivity contribution in [3.63, 3.8) is 0 Å². The van der Waals surface area contributed by atoms with Crippen molar-refractivity contribution in [2.45, 2.75) is 13.5 Å². The predicted molar refractivity (Wildman–Crippen MR) is 56.3 cm³/mol. The van der Waals surface area contributed by atoms with Gasteiger partial charge in [0, 0.05) is 24.7 Å². The monoisotopic (exact) mass is 193 g/mol. The van der Waals surface area contributed by atoms with Crippen LogP contribution in [0.1, 0.15) is 12.5 Å². The summed E-state index contributed by atoms with van der Waals surface area (Å²) < 4.78 is 0. The Hall–Kier alpha value is -1.48. The lowest BCUT2D eigenvalue weighted by Gasteiger charge is -2.06. The van der Waals surface area contributed by atoms with E-state index in [2.05, 4.69) is 11.9 Å². The molecule has 0 atom stereocenters. The average Bonchev–Trinajstić information content (AvgIpc) is 2.08. The molecule has 14 heavy (non-hydrogen) atoms. The lowest BCUT2D eigenvalue weighted by atomic mass is 10.2. The highest BCUT2D eigenvalue weighted by molar-refractivity contribution is 5.38. The molecule has 0 spiro atoms. The molecule has 3 nitrogen and oxygen atoms in total. The third kappa shape index (κ3) is 3.11. The number of hydrogen-bond acceptors (Lipinski definition) is 3. The predicted octanol–water partition coefficient (Wildman–Crippen LogP) is 1.76. The van der Waals surface area contributed by atoms with Crippen LogP contribution in [0.4, 0.5) is 0 Å². The van der Waals surface area contributed by atoms with E-state index in [-0.39, 0.29) is 11.5 Å². The quantitative estimate of drug-likeness (QED) is 0.639. The number of phenols is 2. The second-order valence-corrected chi connectivity index (χ2v) is 3.37. The fourth-order valence-corrected chi connectivity index (χ4v) is 1.11. The highest BCUT2D eigenvalue weighted by atomic mass is 16.3.